The van der Waals surface area contributed by atoms with Gasteiger partial charge < -0.3 is 9.47 Å². The lowest BCUT2D eigenvalue weighted by Crippen LogP contribution is -2.28. The molecule has 0 aliphatic carbocycles. The van der Waals surface area contributed by atoms with E-state index in [2.05, 4.69) is 11.6 Å². The Labute approximate surface area is 150 Å². The van der Waals surface area contributed by atoms with Gasteiger partial charge in [-0.15, -0.1) is 0 Å². The molecule has 0 aromatic heterocycles. The first-order valence-electron chi connectivity index (χ1n) is 8.39. The summed E-state index contributed by atoms with van der Waals surface area (Å²) < 4.78 is 38.1. The molecular formula is C19H25NO4S. The normalized spacial score (nSPS) is 11.5. The topological polar surface area (TPSA) is 64.6 Å². The quantitative estimate of drug-likeness (QED) is 0.694. The Morgan fingerprint density at radius 3 is 2.12 bits per heavy atom. The Balaban J connectivity index is 1.84. The summed E-state index contributed by atoms with van der Waals surface area (Å²) in [5, 5.41) is 0. The molecule has 0 amide bonds. The molecular weight excluding hydrogens is 338 g/mol. The second-order valence-corrected chi connectivity index (χ2v) is 7.65. The number of hydrogen-bond acceptors (Lipinski definition) is 4. The van der Waals surface area contributed by atoms with Gasteiger partial charge in [0, 0.05) is 6.54 Å². The average molecular weight is 363 g/mol. The lowest BCUT2D eigenvalue weighted by molar-refractivity contribution is 0.242. The van der Waals surface area contributed by atoms with E-state index in [-0.39, 0.29) is 24.2 Å². The van der Waals surface area contributed by atoms with Gasteiger partial charge in [-0.2, -0.15) is 0 Å². The number of sulfonamides is 1. The molecule has 0 heterocycles. The predicted molar refractivity (Wildman–Crippen MR) is 98.7 cm³/mol. The van der Waals surface area contributed by atoms with Crippen LogP contribution in [0.15, 0.2) is 53.4 Å². The standard InChI is InChI=1S/C19H25NO4S/c1-4-16-5-7-17(8-6-16)23-14-13-20-25(21,22)19-11-9-18(10-12-19)24-15(2)3/h5-12,15,20H,4,13-14H2,1-3H3. The number of ether oxygens (including phenoxy) is 2. The molecule has 1 N–H and O–H groups in total. The molecule has 6 heteroatoms. The minimum absolute atomic E-state index is 0.0455. The third-order valence-corrected chi connectivity index (χ3v) is 4.98. The lowest BCUT2D eigenvalue weighted by Gasteiger charge is -2.11. The van der Waals surface area contributed by atoms with Gasteiger partial charge in [-0.25, -0.2) is 13.1 Å². The van der Waals surface area contributed by atoms with Gasteiger partial charge in [0.05, 0.1) is 11.0 Å². The fraction of sp³-hybridized carbons (Fsp3) is 0.368. The summed E-state index contributed by atoms with van der Waals surface area (Å²) in [6.07, 6.45) is 1.02. The number of aryl methyl sites for hydroxylation is 1. The zero-order valence-corrected chi connectivity index (χ0v) is 15.7. The van der Waals surface area contributed by atoms with E-state index in [4.69, 9.17) is 9.47 Å². The van der Waals surface area contributed by atoms with E-state index in [0.717, 1.165) is 12.2 Å². The van der Waals surface area contributed by atoms with Crippen LogP contribution in [-0.2, 0) is 16.4 Å². The summed E-state index contributed by atoms with van der Waals surface area (Å²) in [4.78, 5) is 0.205. The van der Waals surface area contributed by atoms with Crippen molar-refractivity contribution in [2.24, 2.45) is 0 Å². The molecule has 0 bridgehead atoms. The highest BCUT2D eigenvalue weighted by molar-refractivity contribution is 7.89. The van der Waals surface area contributed by atoms with Crippen molar-refractivity contribution in [3.05, 3.63) is 54.1 Å². The average Bonchev–Trinajstić information content (AvgIpc) is 2.59. The van der Waals surface area contributed by atoms with Gasteiger partial charge in [0.1, 0.15) is 18.1 Å². The lowest BCUT2D eigenvalue weighted by atomic mass is 10.2. The van der Waals surface area contributed by atoms with E-state index in [1.807, 2.05) is 38.1 Å². The Kier molecular flexibility index (Phi) is 6.84. The van der Waals surface area contributed by atoms with Crippen molar-refractivity contribution >= 4 is 10.0 Å². The molecule has 0 unspecified atom stereocenters. The maximum atomic E-state index is 12.3. The van der Waals surface area contributed by atoms with E-state index in [1.54, 1.807) is 12.1 Å². The number of benzene rings is 2. The number of rotatable bonds is 9. The first kappa shape index (κ1) is 19.3. The molecule has 0 spiro atoms. The largest absolute Gasteiger partial charge is 0.492 e. The van der Waals surface area contributed by atoms with Gasteiger partial charge in [0.2, 0.25) is 10.0 Å². The molecule has 0 fully saturated rings. The third kappa shape index (κ3) is 6.07. The Bertz CT molecular complexity index is 753. The molecule has 2 aromatic carbocycles. The number of nitrogens with one attached hydrogen (secondary N) is 1. The minimum Gasteiger partial charge on any atom is -0.492 e. The van der Waals surface area contributed by atoms with Crippen molar-refractivity contribution in [2.75, 3.05) is 13.2 Å². The highest BCUT2D eigenvalue weighted by Gasteiger charge is 2.13. The fourth-order valence-electron chi connectivity index (χ4n) is 2.22. The van der Waals surface area contributed by atoms with Gasteiger partial charge >= 0.3 is 0 Å². The molecule has 0 radical (unpaired) electrons. The van der Waals surface area contributed by atoms with Crippen LogP contribution in [-0.4, -0.2) is 27.7 Å². The summed E-state index contributed by atoms with van der Waals surface area (Å²) in [5.74, 6) is 1.37. The molecule has 25 heavy (non-hydrogen) atoms. The van der Waals surface area contributed by atoms with Gasteiger partial charge in [-0.3, -0.25) is 0 Å². The van der Waals surface area contributed by atoms with Crippen molar-refractivity contribution in [3.8, 4) is 11.5 Å². The van der Waals surface area contributed by atoms with Gasteiger partial charge in [0.15, 0.2) is 0 Å². The Morgan fingerprint density at radius 1 is 0.960 bits per heavy atom. The zero-order chi connectivity index (χ0) is 18.3. The summed E-state index contributed by atoms with van der Waals surface area (Å²) >= 11 is 0. The first-order valence-corrected chi connectivity index (χ1v) is 9.87. The van der Waals surface area contributed by atoms with Crippen LogP contribution < -0.4 is 14.2 Å². The molecule has 5 nitrogen and oxygen atoms in total. The van der Waals surface area contributed by atoms with Crippen molar-refractivity contribution < 1.29 is 17.9 Å². The highest BCUT2D eigenvalue weighted by atomic mass is 32.2. The maximum absolute atomic E-state index is 12.3. The smallest absolute Gasteiger partial charge is 0.240 e. The fourth-order valence-corrected chi connectivity index (χ4v) is 3.23. The van der Waals surface area contributed by atoms with Crippen LogP contribution in [0.3, 0.4) is 0 Å². The minimum atomic E-state index is -3.56. The summed E-state index contributed by atoms with van der Waals surface area (Å²) in [6.45, 7) is 6.39. The van der Waals surface area contributed by atoms with Crippen LogP contribution in [0.2, 0.25) is 0 Å². The van der Waals surface area contributed by atoms with Crippen molar-refractivity contribution in [2.45, 2.75) is 38.2 Å². The van der Waals surface area contributed by atoms with E-state index in [9.17, 15) is 8.42 Å². The molecule has 2 aromatic rings. The molecule has 136 valence electrons. The van der Waals surface area contributed by atoms with E-state index < -0.39 is 10.0 Å². The van der Waals surface area contributed by atoms with Crippen molar-refractivity contribution in [3.63, 3.8) is 0 Å². The summed E-state index contributed by atoms with van der Waals surface area (Å²) in [7, 11) is -3.56. The summed E-state index contributed by atoms with van der Waals surface area (Å²) in [6, 6.07) is 14.2. The zero-order valence-electron chi connectivity index (χ0n) is 14.9. The maximum Gasteiger partial charge on any atom is 0.240 e. The van der Waals surface area contributed by atoms with Gasteiger partial charge in [0.25, 0.3) is 0 Å². The Morgan fingerprint density at radius 2 is 1.56 bits per heavy atom. The molecule has 0 saturated heterocycles. The molecule has 0 saturated carbocycles. The monoisotopic (exact) mass is 363 g/mol. The van der Waals surface area contributed by atoms with Crippen LogP contribution in [0.5, 0.6) is 11.5 Å². The van der Waals surface area contributed by atoms with E-state index >= 15 is 0 Å². The van der Waals surface area contributed by atoms with Gasteiger partial charge in [-0.05, 0) is 62.2 Å². The number of hydrogen-bond donors (Lipinski definition) is 1. The van der Waals surface area contributed by atoms with Crippen LogP contribution in [0.1, 0.15) is 26.3 Å². The molecule has 2 rings (SSSR count). The second kappa shape index (κ2) is 8.87. The van der Waals surface area contributed by atoms with E-state index in [0.29, 0.717) is 5.75 Å². The van der Waals surface area contributed by atoms with Crippen LogP contribution in [0.4, 0.5) is 0 Å². The van der Waals surface area contributed by atoms with Crippen LogP contribution in [0.25, 0.3) is 0 Å². The van der Waals surface area contributed by atoms with E-state index in [1.165, 1.54) is 17.7 Å². The third-order valence-electron chi connectivity index (χ3n) is 3.50. The highest BCUT2D eigenvalue weighted by Crippen LogP contribution is 2.17. The molecule has 0 aliphatic heterocycles. The first-order chi connectivity index (χ1) is 11.9. The SMILES string of the molecule is CCc1ccc(OCCNS(=O)(=O)c2ccc(OC(C)C)cc2)cc1. The molecule has 0 aliphatic rings. The van der Waals surface area contributed by atoms with Crippen LogP contribution >= 0.6 is 0 Å². The van der Waals surface area contributed by atoms with Crippen molar-refractivity contribution in [1.29, 1.82) is 0 Å². The van der Waals surface area contributed by atoms with Crippen LogP contribution in [0, 0.1) is 0 Å². The Hall–Kier alpha value is -2.05. The summed E-state index contributed by atoms with van der Waals surface area (Å²) in [5.41, 5.74) is 1.23. The van der Waals surface area contributed by atoms with Crippen molar-refractivity contribution in [1.82, 2.24) is 4.72 Å². The molecule has 0 atom stereocenters. The van der Waals surface area contributed by atoms with Gasteiger partial charge in [-0.1, -0.05) is 19.1 Å². The predicted octanol–water partition coefficient (Wildman–Crippen LogP) is 3.39. The second-order valence-electron chi connectivity index (χ2n) is 5.88.